The van der Waals surface area contributed by atoms with Crippen LogP contribution >= 0.6 is 7.82 Å². The van der Waals surface area contributed by atoms with Gasteiger partial charge in [-0.05, 0) is 24.6 Å². The van der Waals surface area contributed by atoms with Gasteiger partial charge in [0.2, 0.25) is 6.29 Å². The lowest BCUT2D eigenvalue weighted by Crippen LogP contribution is -2.60. The fourth-order valence-corrected chi connectivity index (χ4v) is 3.18. The topological polar surface area (TPSA) is 176 Å². The molecule has 0 saturated carbocycles. The minimum Gasteiger partial charge on any atom is -0.462 e. The maximum atomic E-state index is 11.5. The Labute approximate surface area is 157 Å². The molecule has 28 heavy (non-hydrogen) atoms. The van der Waals surface area contributed by atoms with E-state index in [9.17, 15) is 24.7 Å². The minimum absolute atomic E-state index is 0.128. The van der Waals surface area contributed by atoms with Crippen molar-refractivity contribution in [3.8, 4) is 5.75 Å². The van der Waals surface area contributed by atoms with Gasteiger partial charge in [0.1, 0.15) is 35.7 Å². The summed E-state index contributed by atoms with van der Waals surface area (Å²) in [5.74, 6) is 0.128. The highest BCUT2D eigenvalue weighted by atomic mass is 31.2. The number of benzene rings is 1. The van der Waals surface area contributed by atoms with Gasteiger partial charge >= 0.3 is 13.4 Å². The molecule has 154 valence electrons. The third kappa shape index (κ3) is 4.59. The summed E-state index contributed by atoms with van der Waals surface area (Å²) in [6.45, 7) is 0.984. The molecule has 1 aromatic carbocycles. The molecule has 5 atom stereocenters. The van der Waals surface area contributed by atoms with E-state index < -0.39 is 50.8 Å². The molecule has 5 N–H and O–H groups in total. The first-order chi connectivity index (χ1) is 13.0. The van der Waals surface area contributed by atoms with Gasteiger partial charge in [-0.25, -0.2) is 9.36 Å². The fraction of sp³-hybridized carbons (Fsp3) is 0.438. The Morgan fingerprint density at radius 3 is 2.50 bits per heavy atom. The number of fused-ring (bicyclic) bond motifs is 1. The number of ether oxygens (including phenoxy) is 2. The minimum atomic E-state index is -4.84. The van der Waals surface area contributed by atoms with Crippen molar-refractivity contribution in [1.29, 1.82) is 0 Å². The van der Waals surface area contributed by atoms with Crippen molar-refractivity contribution in [2.75, 3.05) is 6.61 Å². The molecule has 0 radical (unpaired) electrons. The van der Waals surface area contributed by atoms with E-state index in [1.807, 2.05) is 0 Å². The second-order valence-electron chi connectivity index (χ2n) is 6.33. The van der Waals surface area contributed by atoms with E-state index in [2.05, 4.69) is 4.52 Å². The second-order valence-corrected chi connectivity index (χ2v) is 7.56. The number of hydrogen-bond acceptors (Lipinski definition) is 9. The van der Waals surface area contributed by atoms with Crippen LogP contribution in [0, 0.1) is 6.92 Å². The number of aliphatic hydroxyl groups is 3. The lowest BCUT2D eigenvalue weighted by atomic mass is 9.99. The molecule has 0 spiro atoms. The molecule has 2 heterocycles. The summed E-state index contributed by atoms with van der Waals surface area (Å²) in [4.78, 5) is 29.1. The third-order valence-corrected chi connectivity index (χ3v) is 4.74. The standard InChI is InChI=1S/C16H19O11P/c1-7-4-12(17)26-10-5-8(2-3-9(7)10)25-16-15(20)14(19)13(18)11(27-16)6-24-28(21,22)23/h2-5,11,13-16,18-20H,6H2,1H3,(H2,21,22,23)/t11-,13-,14+,15-,16-/m1/s1. The van der Waals surface area contributed by atoms with Crippen molar-refractivity contribution in [2.24, 2.45) is 0 Å². The summed E-state index contributed by atoms with van der Waals surface area (Å²) in [7, 11) is -4.84. The maximum Gasteiger partial charge on any atom is 0.469 e. The lowest BCUT2D eigenvalue weighted by molar-refractivity contribution is -0.276. The van der Waals surface area contributed by atoms with Crippen molar-refractivity contribution in [3.05, 3.63) is 40.2 Å². The van der Waals surface area contributed by atoms with E-state index in [-0.39, 0.29) is 11.3 Å². The monoisotopic (exact) mass is 418 g/mol. The van der Waals surface area contributed by atoms with Crippen molar-refractivity contribution >= 4 is 18.8 Å². The predicted octanol–water partition coefficient (Wildman–Crippen LogP) is -0.603. The highest BCUT2D eigenvalue weighted by Gasteiger charge is 2.45. The Morgan fingerprint density at radius 1 is 1.11 bits per heavy atom. The van der Waals surface area contributed by atoms with Crippen molar-refractivity contribution < 1.29 is 48.1 Å². The van der Waals surface area contributed by atoms with Crippen molar-refractivity contribution in [1.82, 2.24) is 0 Å². The summed E-state index contributed by atoms with van der Waals surface area (Å²) in [5.41, 5.74) is 0.374. The van der Waals surface area contributed by atoms with Crippen LogP contribution in [-0.2, 0) is 13.8 Å². The van der Waals surface area contributed by atoms with E-state index in [0.717, 1.165) is 0 Å². The number of phosphoric ester groups is 1. The largest absolute Gasteiger partial charge is 0.469 e. The molecule has 1 aromatic heterocycles. The Morgan fingerprint density at radius 2 is 1.82 bits per heavy atom. The van der Waals surface area contributed by atoms with Gasteiger partial charge in [0.05, 0.1) is 6.61 Å². The predicted molar refractivity (Wildman–Crippen MR) is 92.5 cm³/mol. The van der Waals surface area contributed by atoms with E-state index in [0.29, 0.717) is 10.9 Å². The number of hydrogen-bond donors (Lipinski definition) is 5. The van der Waals surface area contributed by atoms with E-state index in [4.69, 9.17) is 23.7 Å². The van der Waals surface area contributed by atoms with Gasteiger partial charge in [0, 0.05) is 17.5 Å². The van der Waals surface area contributed by atoms with Crippen LogP contribution in [0.5, 0.6) is 5.75 Å². The molecule has 1 aliphatic rings. The molecule has 1 aliphatic heterocycles. The SMILES string of the molecule is Cc1cc(=O)oc2cc(O[C@@H]3O[C@H](COP(=O)(O)O)[C@@H](O)[C@H](O)[C@H]3O)ccc12. The summed E-state index contributed by atoms with van der Waals surface area (Å²) >= 11 is 0. The number of phosphoric acid groups is 1. The van der Waals surface area contributed by atoms with Gasteiger partial charge in [0.25, 0.3) is 0 Å². The Kier molecular flexibility index (Phi) is 5.89. The molecule has 0 unspecified atom stereocenters. The summed E-state index contributed by atoms with van der Waals surface area (Å²) < 4.78 is 31.0. The maximum absolute atomic E-state index is 11.5. The van der Waals surface area contributed by atoms with Gasteiger partial charge < -0.3 is 39.0 Å². The van der Waals surface area contributed by atoms with Gasteiger partial charge in [-0.1, -0.05) is 0 Å². The summed E-state index contributed by atoms with van der Waals surface area (Å²) in [6.07, 6.45) is -7.92. The van der Waals surface area contributed by atoms with Crippen LogP contribution in [0.25, 0.3) is 11.0 Å². The van der Waals surface area contributed by atoms with Crippen LogP contribution in [0.15, 0.2) is 33.5 Å². The first-order valence-electron chi connectivity index (χ1n) is 8.16. The van der Waals surface area contributed by atoms with Crippen LogP contribution in [0.1, 0.15) is 5.56 Å². The molecule has 2 aromatic rings. The molecule has 0 amide bonds. The van der Waals surface area contributed by atoms with Crippen LogP contribution in [-0.4, -0.2) is 62.4 Å². The van der Waals surface area contributed by atoms with E-state index >= 15 is 0 Å². The van der Waals surface area contributed by atoms with Gasteiger partial charge in [0.15, 0.2) is 0 Å². The zero-order valence-electron chi connectivity index (χ0n) is 14.5. The van der Waals surface area contributed by atoms with Crippen LogP contribution in [0.2, 0.25) is 0 Å². The molecule has 12 heteroatoms. The van der Waals surface area contributed by atoms with E-state index in [1.54, 1.807) is 13.0 Å². The first kappa shape index (κ1) is 20.9. The zero-order chi connectivity index (χ0) is 20.6. The summed E-state index contributed by atoms with van der Waals surface area (Å²) in [6, 6.07) is 5.86. The van der Waals surface area contributed by atoms with E-state index in [1.165, 1.54) is 18.2 Å². The van der Waals surface area contributed by atoms with Crippen LogP contribution in [0.3, 0.4) is 0 Å². The van der Waals surface area contributed by atoms with Gasteiger partial charge in [-0.2, -0.15) is 0 Å². The Balaban J connectivity index is 1.80. The number of aryl methyl sites for hydroxylation is 1. The molecule has 1 fully saturated rings. The smallest absolute Gasteiger partial charge is 0.462 e. The first-order valence-corrected chi connectivity index (χ1v) is 9.69. The fourth-order valence-electron chi connectivity index (χ4n) is 2.83. The highest BCUT2D eigenvalue weighted by molar-refractivity contribution is 7.46. The molecular formula is C16H19O11P. The molecule has 11 nitrogen and oxygen atoms in total. The lowest BCUT2D eigenvalue weighted by Gasteiger charge is -2.40. The summed E-state index contributed by atoms with van der Waals surface area (Å²) in [5, 5.41) is 30.6. The molecular weight excluding hydrogens is 399 g/mol. The van der Waals surface area contributed by atoms with Crippen molar-refractivity contribution in [2.45, 2.75) is 37.6 Å². The van der Waals surface area contributed by atoms with Gasteiger partial charge in [-0.3, -0.25) is 4.52 Å². The average Bonchev–Trinajstić information content (AvgIpc) is 2.60. The molecule has 3 rings (SSSR count). The molecule has 0 aliphatic carbocycles. The third-order valence-electron chi connectivity index (χ3n) is 4.25. The van der Waals surface area contributed by atoms with Crippen molar-refractivity contribution in [3.63, 3.8) is 0 Å². The molecule has 1 saturated heterocycles. The zero-order valence-corrected chi connectivity index (χ0v) is 15.4. The average molecular weight is 418 g/mol. The Bertz CT molecular complexity index is 951. The quantitative estimate of drug-likeness (QED) is 0.309. The number of rotatable bonds is 5. The van der Waals surface area contributed by atoms with Crippen LogP contribution < -0.4 is 10.4 Å². The molecule has 0 bridgehead atoms. The second kappa shape index (κ2) is 7.90. The normalized spacial score (nSPS) is 28.4. The number of aliphatic hydroxyl groups excluding tert-OH is 3. The van der Waals surface area contributed by atoms with Gasteiger partial charge in [-0.15, -0.1) is 0 Å². The van der Waals surface area contributed by atoms with Crippen LogP contribution in [0.4, 0.5) is 0 Å². The Hall–Kier alpha value is -1.82. The highest BCUT2D eigenvalue weighted by Crippen LogP contribution is 2.37.